The first-order valence-electron chi connectivity index (χ1n) is 4.95. The highest BCUT2D eigenvalue weighted by Gasteiger charge is 2.36. The van der Waals surface area contributed by atoms with E-state index in [2.05, 4.69) is 56.7 Å². The summed E-state index contributed by atoms with van der Waals surface area (Å²) in [6.07, 6.45) is 1.10. The summed E-state index contributed by atoms with van der Waals surface area (Å²) in [5.74, 6) is 0. The van der Waals surface area contributed by atoms with E-state index in [1.807, 2.05) is 0 Å². The molecule has 0 fully saturated rings. The molecule has 0 heterocycles. The van der Waals surface area contributed by atoms with Gasteiger partial charge < -0.3 is 4.43 Å². The largest absolute Gasteiger partial charge is 0.417 e. The van der Waals surface area contributed by atoms with Gasteiger partial charge in [-0.2, -0.15) is 0 Å². The highest BCUT2D eigenvalue weighted by atomic mass is 79.9. The molecule has 0 aliphatic carbocycles. The molecule has 0 unspecified atom stereocenters. The predicted octanol–water partition coefficient (Wildman–Crippen LogP) is 4.18. The average molecular weight is 267 g/mol. The topological polar surface area (TPSA) is 9.23 Å². The van der Waals surface area contributed by atoms with E-state index in [9.17, 15) is 0 Å². The van der Waals surface area contributed by atoms with Gasteiger partial charge in [0, 0.05) is 11.4 Å². The van der Waals surface area contributed by atoms with Crippen molar-refractivity contribution >= 4 is 24.2 Å². The number of alkyl halides is 1. The minimum absolute atomic E-state index is 0.336. The van der Waals surface area contributed by atoms with E-state index in [0.717, 1.165) is 13.0 Å². The first-order valence-corrected chi connectivity index (χ1v) is 8.77. The highest BCUT2D eigenvalue weighted by Crippen LogP contribution is 2.36. The van der Waals surface area contributed by atoms with Gasteiger partial charge in [0.1, 0.15) is 0 Å². The van der Waals surface area contributed by atoms with Crippen LogP contribution in [0, 0.1) is 0 Å². The second-order valence-electron chi connectivity index (χ2n) is 5.18. The van der Waals surface area contributed by atoms with Gasteiger partial charge in [-0.15, -0.1) is 0 Å². The number of rotatable bonds is 4. The van der Waals surface area contributed by atoms with Crippen molar-refractivity contribution in [3.05, 3.63) is 0 Å². The van der Waals surface area contributed by atoms with Crippen LogP contribution in [0.4, 0.5) is 0 Å². The van der Waals surface area contributed by atoms with E-state index in [1.54, 1.807) is 0 Å². The summed E-state index contributed by atoms with van der Waals surface area (Å²) < 4.78 is 6.01. The third-order valence-electron chi connectivity index (χ3n) is 2.78. The molecule has 1 nitrogen and oxygen atoms in total. The highest BCUT2D eigenvalue weighted by molar-refractivity contribution is 9.09. The Labute approximate surface area is 92.5 Å². The Kier molecular flexibility index (Phi) is 5.19. The van der Waals surface area contributed by atoms with E-state index < -0.39 is 8.32 Å². The summed E-state index contributed by atoms with van der Waals surface area (Å²) in [4.78, 5) is 0.567. The molecule has 0 radical (unpaired) electrons. The summed E-state index contributed by atoms with van der Waals surface area (Å²) in [6, 6.07) is 0. The van der Waals surface area contributed by atoms with E-state index >= 15 is 0 Å². The van der Waals surface area contributed by atoms with Gasteiger partial charge in [0.2, 0.25) is 0 Å². The Morgan fingerprint density at radius 3 is 2.08 bits per heavy atom. The summed E-state index contributed by atoms with van der Waals surface area (Å²) in [5.41, 5.74) is 0. The van der Waals surface area contributed by atoms with Gasteiger partial charge in [0.25, 0.3) is 0 Å². The second kappa shape index (κ2) is 4.94. The standard InChI is InChI=1S/C10H23BrOSi/c1-9(11)7-8-12-13(5,6)10(2,3)4/h9H,7-8H2,1-6H3/t9-/m1/s1. The lowest BCUT2D eigenvalue weighted by Gasteiger charge is -2.36. The van der Waals surface area contributed by atoms with E-state index in [1.165, 1.54) is 0 Å². The fraction of sp³-hybridized carbons (Fsp3) is 1.00. The van der Waals surface area contributed by atoms with Crippen molar-refractivity contribution < 1.29 is 4.43 Å². The van der Waals surface area contributed by atoms with Crippen molar-refractivity contribution in [3.8, 4) is 0 Å². The molecule has 0 aromatic heterocycles. The number of halogens is 1. The molecular weight excluding hydrogens is 244 g/mol. The average Bonchev–Trinajstić information content (AvgIpc) is 1.82. The maximum Gasteiger partial charge on any atom is 0.191 e. The zero-order chi connectivity index (χ0) is 10.7. The molecule has 0 N–H and O–H groups in total. The van der Waals surface area contributed by atoms with Crippen LogP contribution in [0.3, 0.4) is 0 Å². The minimum atomic E-state index is -1.49. The van der Waals surface area contributed by atoms with Crippen LogP contribution in [0.2, 0.25) is 18.1 Å². The predicted molar refractivity (Wildman–Crippen MR) is 66.2 cm³/mol. The Hall–Kier alpha value is 0.657. The molecule has 0 spiro atoms. The summed E-state index contributed by atoms with van der Waals surface area (Å²) >= 11 is 3.53. The van der Waals surface area contributed by atoms with Crippen LogP contribution in [0.5, 0.6) is 0 Å². The van der Waals surface area contributed by atoms with Crippen LogP contribution in [0.25, 0.3) is 0 Å². The lowest BCUT2D eigenvalue weighted by Crippen LogP contribution is -2.41. The molecule has 3 heteroatoms. The fourth-order valence-electron chi connectivity index (χ4n) is 0.693. The molecular formula is C10H23BrOSi. The van der Waals surface area contributed by atoms with Gasteiger partial charge in [0.05, 0.1) is 0 Å². The van der Waals surface area contributed by atoms with Crippen LogP contribution < -0.4 is 0 Å². The smallest absolute Gasteiger partial charge is 0.191 e. The molecule has 0 bridgehead atoms. The van der Waals surface area contributed by atoms with Gasteiger partial charge in [-0.05, 0) is 24.6 Å². The maximum atomic E-state index is 6.01. The van der Waals surface area contributed by atoms with Crippen LogP contribution in [0.15, 0.2) is 0 Å². The number of hydrogen-bond acceptors (Lipinski definition) is 1. The molecule has 80 valence electrons. The molecule has 0 aliphatic rings. The van der Waals surface area contributed by atoms with E-state index in [4.69, 9.17) is 4.43 Å². The van der Waals surface area contributed by atoms with Crippen LogP contribution in [-0.4, -0.2) is 19.8 Å². The Bertz CT molecular complexity index is 149. The first kappa shape index (κ1) is 13.7. The quantitative estimate of drug-likeness (QED) is 0.548. The molecule has 0 saturated heterocycles. The molecule has 0 rings (SSSR count). The van der Waals surface area contributed by atoms with Crippen molar-refractivity contribution in [2.75, 3.05) is 6.61 Å². The second-order valence-corrected chi connectivity index (χ2v) is 11.6. The Balaban J connectivity index is 3.90. The van der Waals surface area contributed by atoms with Gasteiger partial charge in [0.15, 0.2) is 8.32 Å². The first-order chi connectivity index (χ1) is 5.67. The molecule has 13 heavy (non-hydrogen) atoms. The maximum absolute atomic E-state index is 6.01. The third kappa shape index (κ3) is 5.18. The Morgan fingerprint density at radius 1 is 1.31 bits per heavy atom. The fourth-order valence-corrected chi connectivity index (χ4v) is 1.94. The van der Waals surface area contributed by atoms with Crippen molar-refractivity contribution in [1.82, 2.24) is 0 Å². The van der Waals surface area contributed by atoms with E-state index in [-0.39, 0.29) is 0 Å². The van der Waals surface area contributed by atoms with Gasteiger partial charge in [-0.1, -0.05) is 43.6 Å². The lowest BCUT2D eigenvalue weighted by molar-refractivity contribution is 0.283. The summed E-state index contributed by atoms with van der Waals surface area (Å²) in [5, 5.41) is 0.336. The molecule has 0 amide bonds. The normalized spacial score (nSPS) is 15.9. The van der Waals surface area contributed by atoms with E-state index in [0.29, 0.717) is 9.87 Å². The van der Waals surface area contributed by atoms with Crippen LogP contribution in [-0.2, 0) is 4.43 Å². The molecule has 0 aromatic rings. The van der Waals surface area contributed by atoms with Crippen molar-refractivity contribution in [1.29, 1.82) is 0 Å². The van der Waals surface area contributed by atoms with Gasteiger partial charge in [-0.25, -0.2) is 0 Å². The minimum Gasteiger partial charge on any atom is -0.417 e. The van der Waals surface area contributed by atoms with Crippen molar-refractivity contribution in [2.45, 2.75) is 57.1 Å². The third-order valence-corrected chi connectivity index (χ3v) is 7.78. The molecule has 1 atom stereocenters. The summed E-state index contributed by atoms with van der Waals surface area (Å²) in [7, 11) is -1.49. The van der Waals surface area contributed by atoms with Crippen molar-refractivity contribution in [2.24, 2.45) is 0 Å². The van der Waals surface area contributed by atoms with Crippen LogP contribution in [0.1, 0.15) is 34.1 Å². The molecule has 0 saturated carbocycles. The van der Waals surface area contributed by atoms with Crippen LogP contribution >= 0.6 is 15.9 Å². The van der Waals surface area contributed by atoms with Gasteiger partial charge in [-0.3, -0.25) is 0 Å². The molecule has 0 aromatic carbocycles. The SMILES string of the molecule is C[C@@H](Br)CCO[Si](C)(C)C(C)(C)C. The Morgan fingerprint density at radius 2 is 1.77 bits per heavy atom. The van der Waals surface area contributed by atoms with Gasteiger partial charge >= 0.3 is 0 Å². The zero-order valence-electron chi connectivity index (χ0n) is 9.78. The molecule has 0 aliphatic heterocycles. The summed E-state index contributed by atoms with van der Waals surface area (Å²) in [6.45, 7) is 14.5. The monoisotopic (exact) mass is 266 g/mol. The lowest BCUT2D eigenvalue weighted by atomic mass is 10.2. The van der Waals surface area contributed by atoms with Crippen molar-refractivity contribution in [3.63, 3.8) is 0 Å². The number of hydrogen-bond donors (Lipinski definition) is 0. The zero-order valence-corrected chi connectivity index (χ0v) is 12.4.